The summed E-state index contributed by atoms with van der Waals surface area (Å²) in [6, 6.07) is 25.2. The first-order valence-corrected chi connectivity index (χ1v) is 11.5. The lowest BCUT2D eigenvalue weighted by Crippen LogP contribution is -2.42. The molecule has 0 bridgehead atoms. The molecule has 0 amide bonds. The fraction of sp³-hybridized carbons (Fsp3) is 0.174. The summed E-state index contributed by atoms with van der Waals surface area (Å²) < 4.78 is 15.5. The molecule has 0 radical (unpaired) electrons. The van der Waals surface area contributed by atoms with Crippen molar-refractivity contribution in [2.24, 2.45) is 0 Å². The number of aryl methyl sites for hydroxylation is 2. The number of rotatable bonds is 5. The molecule has 3 aromatic carbocycles. The van der Waals surface area contributed by atoms with E-state index in [9.17, 15) is 9.83 Å². The van der Waals surface area contributed by atoms with E-state index in [0.717, 1.165) is 31.8 Å². The topological polar surface area (TPSA) is 52.9 Å². The molecule has 5 heteroatoms. The Hall–Kier alpha value is -2.18. The van der Waals surface area contributed by atoms with Crippen molar-refractivity contribution in [3.63, 3.8) is 0 Å². The number of nitriles is 1. The Morgan fingerprint density at radius 1 is 0.893 bits per heavy atom. The summed E-state index contributed by atoms with van der Waals surface area (Å²) in [6.45, 7) is 5.68. The molecule has 3 nitrogen and oxygen atoms in total. The number of hydrogen-bond acceptors (Lipinski definition) is 2. The third-order valence-corrected chi connectivity index (χ3v) is 8.59. The van der Waals surface area contributed by atoms with Crippen molar-refractivity contribution in [2.75, 3.05) is 0 Å². The summed E-state index contributed by atoms with van der Waals surface area (Å²) in [4.78, 5) is 0. The fourth-order valence-electron chi connectivity index (χ4n) is 3.34. The molecule has 0 unspecified atom stereocenters. The third-order valence-electron chi connectivity index (χ3n) is 4.94. The fourth-order valence-corrected chi connectivity index (χ4v) is 6.64. The minimum atomic E-state index is -3.30. The minimum Gasteiger partial charge on any atom is -0.296 e. The molecule has 0 saturated carbocycles. The first-order chi connectivity index (χ1) is 13.3. The van der Waals surface area contributed by atoms with E-state index in [2.05, 4.69) is 27.1 Å². The average Bonchev–Trinajstić information content (AvgIpc) is 2.69. The van der Waals surface area contributed by atoms with E-state index in [1.807, 2.05) is 86.6 Å². The molecule has 28 heavy (non-hydrogen) atoms. The highest BCUT2D eigenvalue weighted by Crippen LogP contribution is 2.45. The number of benzene rings is 3. The van der Waals surface area contributed by atoms with Gasteiger partial charge in [0.25, 0.3) is 0 Å². The van der Waals surface area contributed by atoms with Crippen molar-refractivity contribution >= 4 is 33.8 Å². The van der Waals surface area contributed by atoms with Crippen molar-refractivity contribution in [3.05, 3.63) is 94.0 Å². The normalized spacial score (nSPS) is 13.5. The van der Waals surface area contributed by atoms with Gasteiger partial charge in [0.05, 0.1) is 6.07 Å². The molecule has 0 aliphatic carbocycles. The van der Waals surface area contributed by atoms with E-state index in [1.54, 1.807) is 6.92 Å². The Morgan fingerprint density at radius 3 is 1.79 bits per heavy atom. The summed E-state index contributed by atoms with van der Waals surface area (Å²) in [7, 11) is -3.30. The van der Waals surface area contributed by atoms with Gasteiger partial charge in [0.2, 0.25) is 7.29 Å². The Kier molecular flexibility index (Phi) is 5.91. The molecule has 0 heterocycles. The predicted octanol–water partition coefficient (Wildman–Crippen LogP) is 5.32. The van der Waals surface area contributed by atoms with Crippen molar-refractivity contribution in [3.8, 4) is 6.07 Å². The van der Waals surface area contributed by atoms with E-state index in [4.69, 9.17) is 0 Å². The van der Waals surface area contributed by atoms with Crippen LogP contribution in [-0.4, -0.2) is 0 Å². The summed E-state index contributed by atoms with van der Waals surface area (Å²) >= 11 is 3.43. The SMILES string of the molecule is Cc1ccccc1P(=O)(N[C@@](C)(C#N)c1ccc(Br)cc1)c1ccccc1C. The van der Waals surface area contributed by atoms with E-state index >= 15 is 0 Å². The Labute approximate surface area is 175 Å². The van der Waals surface area contributed by atoms with Gasteiger partial charge in [-0.3, -0.25) is 4.57 Å². The van der Waals surface area contributed by atoms with Crippen LogP contribution in [0, 0.1) is 25.2 Å². The van der Waals surface area contributed by atoms with Crippen LogP contribution in [0.1, 0.15) is 23.6 Å². The van der Waals surface area contributed by atoms with Gasteiger partial charge in [0, 0.05) is 15.1 Å². The van der Waals surface area contributed by atoms with Gasteiger partial charge in [-0.05, 0) is 61.7 Å². The van der Waals surface area contributed by atoms with Crippen LogP contribution in [0.2, 0.25) is 0 Å². The van der Waals surface area contributed by atoms with Crippen LogP contribution in [0.3, 0.4) is 0 Å². The lowest BCUT2D eigenvalue weighted by molar-refractivity contribution is 0.532. The third kappa shape index (κ3) is 3.84. The van der Waals surface area contributed by atoms with Crippen molar-refractivity contribution in [2.45, 2.75) is 26.3 Å². The van der Waals surface area contributed by atoms with Gasteiger partial charge in [-0.1, -0.05) is 64.5 Å². The lowest BCUT2D eigenvalue weighted by Gasteiger charge is -2.32. The molecule has 3 rings (SSSR count). The molecular formula is C23H22BrN2OP. The molecule has 0 aliphatic rings. The maximum absolute atomic E-state index is 14.6. The highest BCUT2D eigenvalue weighted by atomic mass is 79.9. The van der Waals surface area contributed by atoms with Gasteiger partial charge in [-0.25, -0.2) is 5.09 Å². The molecule has 0 spiro atoms. The molecule has 0 aliphatic heterocycles. The second-order valence-electron chi connectivity index (χ2n) is 7.04. The standard InChI is InChI=1S/C23H22BrN2OP/c1-17-8-4-6-10-21(17)28(27,22-11-7-5-9-18(22)2)26-23(3,16-25)19-12-14-20(24)15-13-19/h4-15H,1-3H3,(H,26,27)/t23-/m0/s1. The quantitative estimate of drug-likeness (QED) is 0.532. The van der Waals surface area contributed by atoms with Gasteiger partial charge in [-0.15, -0.1) is 0 Å². The molecule has 1 atom stereocenters. The van der Waals surface area contributed by atoms with Gasteiger partial charge >= 0.3 is 0 Å². The molecule has 0 saturated heterocycles. The summed E-state index contributed by atoms with van der Waals surface area (Å²) in [5, 5.41) is 14.8. The van der Waals surface area contributed by atoms with Gasteiger partial charge in [0.1, 0.15) is 5.54 Å². The smallest absolute Gasteiger partial charge is 0.206 e. The number of nitrogens with one attached hydrogen (secondary N) is 1. The number of hydrogen-bond donors (Lipinski definition) is 1. The second-order valence-corrected chi connectivity index (χ2v) is 10.4. The Morgan fingerprint density at radius 2 is 1.36 bits per heavy atom. The molecule has 0 aromatic heterocycles. The predicted molar refractivity (Wildman–Crippen MR) is 119 cm³/mol. The van der Waals surface area contributed by atoms with Crippen LogP contribution in [0.4, 0.5) is 0 Å². The van der Waals surface area contributed by atoms with Crippen LogP contribution in [0.5, 0.6) is 0 Å². The molecular weight excluding hydrogens is 431 g/mol. The van der Waals surface area contributed by atoms with E-state index < -0.39 is 12.8 Å². The summed E-state index contributed by atoms with van der Waals surface area (Å²) in [6.07, 6.45) is 0. The zero-order valence-electron chi connectivity index (χ0n) is 16.1. The van der Waals surface area contributed by atoms with Gasteiger partial charge < -0.3 is 0 Å². The van der Waals surface area contributed by atoms with Crippen LogP contribution in [0.15, 0.2) is 77.3 Å². The highest BCUT2D eigenvalue weighted by Gasteiger charge is 2.39. The van der Waals surface area contributed by atoms with Crippen molar-refractivity contribution in [1.82, 2.24) is 5.09 Å². The molecule has 142 valence electrons. The largest absolute Gasteiger partial charge is 0.296 e. The van der Waals surface area contributed by atoms with Crippen molar-refractivity contribution < 1.29 is 4.57 Å². The lowest BCUT2D eigenvalue weighted by atomic mass is 9.95. The van der Waals surface area contributed by atoms with Crippen LogP contribution in [0.25, 0.3) is 0 Å². The summed E-state index contributed by atoms with van der Waals surface area (Å²) in [5.74, 6) is 0. The number of nitrogens with zero attached hydrogens (tertiary/aromatic N) is 1. The Balaban J connectivity index is 2.22. The molecule has 0 fully saturated rings. The zero-order valence-corrected chi connectivity index (χ0v) is 18.6. The minimum absolute atomic E-state index is 0.725. The highest BCUT2D eigenvalue weighted by molar-refractivity contribution is 9.10. The van der Waals surface area contributed by atoms with Gasteiger partial charge in [0.15, 0.2) is 0 Å². The maximum Gasteiger partial charge on any atom is 0.206 e. The molecule has 3 aromatic rings. The monoisotopic (exact) mass is 452 g/mol. The number of halogens is 1. The van der Waals surface area contributed by atoms with Crippen LogP contribution >= 0.6 is 23.2 Å². The second kappa shape index (κ2) is 8.05. The zero-order chi connectivity index (χ0) is 20.4. The van der Waals surface area contributed by atoms with E-state index in [0.29, 0.717) is 0 Å². The summed E-state index contributed by atoms with van der Waals surface area (Å²) in [5.41, 5.74) is 1.50. The van der Waals surface area contributed by atoms with Gasteiger partial charge in [-0.2, -0.15) is 5.26 Å². The van der Waals surface area contributed by atoms with Crippen LogP contribution in [-0.2, 0) is 10.1 Å². The van der Waals surface area contributed by atoms with Crippen molar-refractivity contribution in [1.29, 1.82) is 5.26 Å². The Bertz CT molecular complexity index is 1040. The maximum atomic E-state index is 14.6. The van der Waals surface area contributed by atoms with Crippen LogP contribution < -0.4 is 15.7 Å². The van der Waals surface area contributed by atoms with E-state index in [1.165, 1.54) is 0 Å². The first kappa shape index (κ1) is 20.6. The average molecular weight is 453 g/mol. The first-order valence-electron chi connectivity index (χ1n) is 8.99. The van der Waals surface area contributed by atoms with E-state index in [-0.39, 0.29) is 0 Å². The molecule has 1 N–H and O–H groups in total.